The van der Waals surface area contributed by atoms with Crippen LogP contribution in [0.2, 0.25) is 0 Å². The number of phenols is 1. The number of aromatic hydroxyl groups is 1. The number of nitrogens with zero attached hydrogens (tertiary/aromatic N) is 1. The number of benzene rings is 2. The molecule has 0 saturated heterocycles. The zero-order valence-electron chi connectivity index (χ0n) is 15.8. The van der Waals surface area contributed by atoms with Crippen molar-refractivity contribution in [1.82, 2.24) is 10.3 Å². The first-order valence-corrected chi connectivity index (χ1v) is 9.28. The van der Waals surface area contributed by atoms with Gasteiger partial charge in [-0.2, -0.15) is 0 Å². The summed E-state index contributed by atoms with van der Waals surface area (Å²) in [7, 11) is 0. The molecule has 2 aromatic carbocycles. The highest BCUT2D eigenvalue weighted by atomic mass is 16.4. The van der Waals surface area contributed by atoms with Crippen LogP contribution in [0.3, 0.4) is 0 Å². The Morgan fingerprint density at radius 1 is 1.21 bits per heavy atom. The van der Waals surface area contributed by atoms with Gasteiger partial charge in [0.2, 0.25) is 0 Å². The minimum Gasteiger partial charge on any atom is -0.507 e. The van der Waals surface area contributed by atoms with Gasteiger partial charge in [-0.1, -0.05) is 24.3 Å². The van der Waals surface area contributed by atoms with Crippen LogP contribution < -0.4 is 11.1 Å². The van der Waals surface area contributed by atoms with E-state index in [0.717, 1.165) is 5.56 Å². The molecule has 7 nitrogen and oxygen atoms in total. The smallest absolute Gasteiger partial charge is 0.339 e. The number of furan rings is 1. The number of phenolic OH excluding ortho intramolecular Hbond substituents is 1. The maximum Gasteiger partial charge on any atom is 0.339 e. The van der Waals surface area contributed by atoms with Gasteiger partial charge in [-0.15, -0.1) is 0 Å². The van der Waals surface area contributed by atoms with Crippen LogP contribution in [0.25, 0.3) is 21.7 Å². The van der Waals surface area contributed by atoms with Crippen molar-refractivity contribution in [2.75, 3.05) is 13.1 Å². The van der Waals surface area contributed by atoms with E-state index in [9.17, 15) is 15.0 Å². The Morgan fingerprint density at radius 2 is 1.90 bits per heavy atom. The first kappa shape index (κ1) is 18.9. The number of nitrogens with one attached hydrogen (secondary N) is 1. The summed E-state index contributed by atoms with van der Waals surface area (Å²) in [5.74, 6) is -0.802. The lowest BCUT2D eigenvalue weighted by molar-refractivity contribution is 0.0697. The molecule has 2 heterocycles. The first-order chi connectivity index (χ1) is 14.0. The van der Waals surface area contributed by atoms with Crippen molar-refractivity contribution in [2.45, 2.75) is 13.0 Å². The molecule has 2 aromatic heterocycles. The zero-order valence-corrected chi connectivity index (χ0v) is 15.8. The number of aromatic carboxylic acids is 1. The normalized spacial score (nSPS) is 12.5. The van der Waals surface area contributed by atoms with Crippen LogP contribution in [0.1, 0.15) is 33.3 Å². The minimum absolute atomic E-state index is 0.0164. The minimum atomic E-state index is -1.11. The lowest BCUT2D eigenvalue weighted by Crippen LogP contribution is -2.28. The molecular weight excluding hydrogens is 370 g/mol. The second kappa shape index (κ2) is 7.54. The maximum atomic E-state index is 12.1. The molecule has 1 unspecified atom stereocenters. The van der Waals surface area contributed by atoms with E-state index < -0.39 is 12.0 Å². The molecule has 0 aliphatic carbocycles. The molecule has 0 radical (unpaired) electrons. The Morgan fingerprint density at radius 3 is 2.55 bits per heavy atom. The number of aryl methyl sites for hydroxylation is 1. The van der Waals surface area contributed by atoms with Gasteiger partial charge in [0.25, 0.3) is 0 Å². The lowest BCUT2D eigenvalue weighted by atomic mass is 9.90. The Bertz CT molecular complexity index is 1200. The second-order valence-corrected chi connectivity index (χ2v) is 6.81. The summed E-state index contributed by atoms with van der Waals surface area (Å²) in [6.07, 6.45) is 3.31. The van der Waals surface area contributed by atoms with E-state index in [1.54, 1.807) is 25.4 Å². The molecule has 4 rings (SSSR count). The van der Waals surface area contributed by atoms with Crippen molar-refractivity contribution in [3.63, 3.8) is 0 Å². The highest BCUT2D eigenvalue weighted by Crippen LogP contribution is 2.45. The highest BCUT2D eigenvalue weighted by Gasteiger charge is 2.30. The van der Waals surface area contributed by atoms with E-state index in [4.69, 9.17) is 10.2 Å². The van der Waals surface area contributed by atoms with E-state index >= 15 is 0 Å². The summed E-state index contributed by atoms with van der Waals surface area (Å²) >= 11 is 0. The van der Waals surface area contributed by atoms with Crippen LogP contribution in [0, 0.1) is 6.92 Å². The fraction of sp³-hybridized carbons (Fsp3) is 0.182. The third-order valence-corrected chi connectivity index (χ3v) is 5.07. The summed E-state index contributed by atoms with van der Waals surface area (Å²) in [5, 5.41) is 26.1. The Labute approximate surface area is 166 Å². The predicted molar refractivity (Wildman–Crippen MR) is 110 cm³/mol. The average Bonchev–Trinajstić information content (AvgIpc) is 3.08. The number of carboxylic acid groups (broad SMARTS) is 1. The number of nitrogens with two attached hydrogens (primary N) is 1. The van der Waals surface area contributed by atoms with E-state index in [1.165, 1.54) is 0 Å². The standard InChI is InChI=1S/C22H21N3O4/c1-12-16(22(27)28)17-18(19(25-11-8-23)13-6-9-24-10-7-13)20(26)14-4-2-3-5-15(14)21(17)29-12/h2-7,9-10,19,25-26H,8,11,23H2,1H3,(H,27,28). The Balaban J connectivity index is 2.15. The number of rotatable bonds is 6. The average molecular weight is 391 g/mol. The lowest BCUT2D eigenvalue weighted by Gasteiger charge is -2.22. The summed E-state index contributed by atoms with van der Waals surface area (Å²) in [6.45, 7) is 2.48. The molecule has 5 N–H and O–H groups in total. The second-order valence-electron chi connectivity index (χ2n) is 6.81. The molecule has 0 aliphatic heterocycles. The quantitative estimate of drug-likeness (QED) is 0.398. The topological polar surface area (TPSA) is 122 Å². The van der Waals surface area contributed by atoms with Crippen LogP contribution in [0.15, 0.2) is 53.2 Å². The first-order valence-electron chi connectivity index (χ1n) is 9.28. The molecule has 7 heteroatoms. The molecular formula is C22H21N3O4. The van der Waals surface area contributed by atoms with Gasteiger partial charge in [0.15, 0.2) is 0 Å². The van der Waals surface area contributed by atoms with Crippen LogP contribution in [-0.2, 0) is 0 Å². The van der Waals surface area contributed by atoms with Crippen molar-refractivity contribution in [1.29, 1.82) is 0 Å². The largest absolute Gasteiger partial charge is 0.507 e. The highest BCUT2D eigenvalue weighted by molar-refractivity contribution is 6.16. The molecule has 0 spiro atoms. The zero-order chi connectivity index (χ0) is 20.5. The van der Waals surface area contributed by atoms with Crippen molar-refractivity contribution in [3.8, 4) is 5.75 Å². The van der Waals surface area contributed by atoms with Crippen LogP contribution in [0.5, 0.6) is 5.75 Å². The molecule has 0 amide bonds. The predicted octanol–water partition coefficient (Wildman–Crippen LogP) is 3.33. The molecule has 148 valence electrons. The molecule has 1 atom stereocenters. The van der Waals surface area contributed by atoms with E-state index in [2.05, 4.69) is 10.3 Å². The molecule has 29 heavy (non-hydrogen) atoms. The number of hydrogen-bond donors (Lipinski definition) is 4. The number of aromatic nitrogens is 1. The fourth-order valence-electron chi connectivity index (χ4n) is 3.85. The summed E-state index contributed by atoms with van der Waals surface area (Å²) in [5.41, 5.74) is 7.47. The van der Waals surface area contributed by atoms with Gasteiger partial charge in [-0.25, -0.2) is 4.79 Å². The summed E-state index contributed by atoms with van der Waals surface area (Å²) < 4.78 is 5.90. The number of carbonyl (C=O) groups is 1. The SMILES string of the molecule is Cc1oc2c(c1C(=O)O)c(C(NCCN)c1ccncc1)c(O)c1ccccc12. The molecule has 0 aliphatic rings. The van der Waals surface area contributed by atoms with Gasteiger partial charge in [-0.3, -0.25) is 4.98 Å². The summed E-state index contributed by atoms with van der Waals surface area (Å²) in [6, 6.07) is 10.4. The van der Waals surface area contributed by atoms with E-state index in [-0.39, 0.29) is 17.1 Å². The summed E-state index contributed by atoms with van der Waals surface area (Å²) in [4.78, 5) is 16.1. The molecule has 0 bridgehead atoms. The number of carboxylic acids is 1. The van der Waals surface area contributed by atoms with Crippen molar-refractivity contribution in [2.24, 2.45) is 5.73 Å². The van der Waals surface area contributed by atoms with Gasteiger partial charge in [0.1, 0.15) is 22.7 Å². The third-order valence-electron chi connectivity index (χ3n) is 5.07. The molecule has 0 fully saturated rings. The van der Waals surface area contributed by atoms with Gasteiger partial charge >= 0.3 is 5.97 Å². The van der Waals surface area contributed by atoms with Crippen molar-refractivity contribution in [3.05, 3.63) is 71.2 Å². The third kappa shape index (κ3) is 3.10. The van der Waals surface area contributed by atoms with E-state index in [1.807, 2.05) is 30.3 Å². The van der Waals surface area contributed by atoms with Gasteiger partial charge in [0, 0.05) is 47.2 Å². The van der Waals surface area contributed by atoms with Gasteiger partial charge < -0.3 is 25.7 Å². The van der Waals surface area contributed by atoms with E-state index in [0.29, 0.717) is 40.4 Å². The van der Waals surface area contributed by atoms with Gasteiger partial charge in [-0.05, 0) is 24.6 Å². The molecule has 4 aromatic rings. The number of pyridine rings is 1. The van der Waals surface area contributed by atoms with Crippen LogP contribution in [-0.4, -0.2) is 34.3 Å². The number of hydrogen-bond acceptors (Lipinski definition) is 6. The van der Waals surface area contributed by atoms with Crippen molar-refractivity contribution >= 4 is 27.7 Å². The van der Waals surface area contributed by atoms with Crippen LogP contribution in [0.4, 0.5) is 0 Å². The van der Waals surface area contributed by atoms with Gasteiger partial charge in [0.05, 0.1) is 6.04 Å². The van der Waals surface area contributed by atoms with Crippen molar-refractivity contribution < 1.29 is 19.4 Å². The maximum absolute atomic E-state index is 12.1. The Hall–Kier alpha value is -3.42. The Kier molecular flexibility index (Phi) is 4.92. The fourth-order valence-corrected chi connectivity index (χ4v) is 3.85. The monoisotopic (exact) mass is 391 g/mol. The van der Waals surface area contributed by atoms with Crippen LogP contribution >= 0.6 is 0 Å². The molecule has 0 saturated carbocycles. The number of fused-ring (bicyclic) bond motifs is 3.